The van der Waals surface area contributed by atoms with Crippen LogP contribution in [0.5, 0.6) is 0 Å². The number of rotatable bonds is 5. The van der Waals surface area contributed by atoms with Gasteiger partial charge in [-0.1, -0.05) is 33.6 Å². The van der Waals surface area contributed by atoms with Crippen LogP contribution in [0.4, 0.5) is 0 Å². The molecule has 1 aliphatic rings. The molecule has 0 bridgehead atoms. The predicted molar refractivity (Wildman–Crippen MR) is 71.0 cm³/mol. The second kappa shape index (κ2) is 6.84. The maximum absolute atomic E-state index is 2.31. The minimum Gasteiger partial charge on any atom is -0.129 e. The first kappa shape index (κ1) is 12.5. The Labute approximate surface area is 97.3 Å². The SMILES string of the molecule is CCCC1=C(CCC)SC(CC)CS1. The molecule has 0 saturated heterocycles. The lowest BCUT2D eigenvalue weighted by Crippen LogP contribution is -2.10. The van der Waals surface area contributed by atoms with Crippen molar-refractivity contribution in [3.8, 4) is 0 Å². The average Bonchev–Trinajstić information content (AvgIpc) is 2.21. The van der Waals surface area contributed by atoms with Crippen molar-refractivity contribution in [2.45, 2.75) is 58.1 Å². The van der Waals surface area contributed by atoms with Gasteiger partial charge in [0, 0.05) is 11.0 Å². The van der Waals surface area contributed by atoms with Crippen molar-refractivity contribution in [3.63, 3.8) is 0 Å². The third-order valence-electron chi connectivity index (χ3n) is 2.47. The fourth-order valence-electron chi connectivity index (χ4n) is 1.64. The van der Waals surface area contributed by atoms with Crippen LogP contribution >= 0.6 is 23.5 Å². The van der Waals surface area contributed by atoms with Gasteiger partial charge in [0.25, 0.3) is 0 Å². The van der Waals surface area contributed by atoms with Gasteiger partial charge in [-0.2, -0.15) is 0 Å². The maximum Gasteiger partial charge on any atom is 0.0183 e. The molecule has 0 aromatic rings. The zero-order valence-corrected chi connectivity index (χ0v) is 11.3. The first-order chi connectivity index (χ1) is 6.81. The van der Waals surface area contributed by atoms with E-state index in [4.69, 9.17) is 0 Å². The average molecular weight is 230 g/mol. The number of thioether (sulfide) groups is 2. The molecule has 82 valence electrons. The minimum absolute atomic E-state index is 0.877. The molecule has 0 aliphatic carbocycles. The highest BCUT2D eigenvalue weighted by Gasteiger charge is 2.19. The Balaban J connectivity index is 2.62. The van der Waals surface area contributed by atoms with Crippen LogP contribution in [0.3, 0.4) is 0 Å². The van der Waals surface area contributed by atoms with Crippen LogP contribution in [0.15, 0.2) is 9.81 Å². The van der Waals surface area contributed by atoms with E-state index in [-0.39, 0.29) is 0 Å². The van der Waals surface area contributed by atoms with Crippen LogP contribution in [-0.2, 0) is 0 Å². The number of hydrogen-bond acceptors (Lipinski definition) is 2. The molecule has 1 heterocycles. The van der Waals surface area contributed by atoms with E-state index in [2.05, 4.69) is 44.3 Å². The first-order valence-corrected chi connectivity index (χ1v) is 7.69. The smallest absolute Gasteiger partial charge is 0.0183 e. The second-order valence-corrected chi connectivity index (χ2v) is 6.32. The first-order valence-electron chi connectivity index (χ1n) is 5.83. The Morgan fingerprint density at radius 3 is 2.29 bits per heavy atom. The highest BCUT2D eigenvalue weighted by molar-refractivity contribution is 8.10. The van der Waals surface area contributed by atoms with Crippen LogP contribution < -0.4 is 0 Å². The van der Waals surface area contributed by atoms with E-state index in [9.17, 15) is 0 Å². The lowest BCUT2D eigenvalue weighted by molar-refractivity contribution is 0.878. The van der Waals surface area contributed by atoms with Gasteiger partial charge in [0.2, 0.25) is 0 Å². The van der Waals surface area contributed by atoms with E-state index in [0.717, 1.165) is 5.25 Å². The molecule has 0 fully saturated rings. The highest BCUT2D eigenvalue weighted by atomic mass is 32.2. The molecule has 14 heavy (non-hydrogen) atoms. The Morgan fingerprint density at radius 1 is 1.07 bits per heavy atom. The van der Waals surface area contributed by atoms with Crippen LogP contribution in [0.2, 0.25) is 0 Å². The number of allylic oxidation sites excluding steroid dienone is 2. The summed E-state index contributed by atoms with van der Waals surface area (Å²) in [4.78, 5) is 3.40. The van der Waals surface area contributed by atoms with E-state index in [1.165, 1.54) is 37.9 Å². The third kappa shape index (κ3) is 3.54. The van der Waals surface area contributed by atoms with E-state index in [1.54, 1.807) is 9.81 Å². The summed E-state index contributed by atoms with van der Waals surface area (Å²) in [6.45, 7) is 6.89. The summed E-state index contributed by atoms with van der Waals surface area (Å²) in [7, 11) is 0. The van der Waals surface area contributed by atoms with Gasteiger partial charge >= 0.3 is 0 Å². The summed E-state index contributed by atoms with van der Waals surface area (Å²) in [5, 5.41) is 0.877. The topological polar surface area (TPSA) is 0 Å². The molecule has 1 unspecified atom stereocenters. The molecule has 0 nitrogen and oxygen atoms in total. The largest absolute Gasteiger partial charge is 0.129 e. The molecule has 0 N–H and O–H groups in total. The quantitative estimate of drug-likeness (QED) is 0.647. The summed E-state index contributed by atoms with van der Waals surface area (Å²) >= 11 is 4.29. The fourth-order valence-corrected chi connectivity index (χ4v) is 4.80. The summed E-state index contributed by atoms with van der Waals surface area (Å²) in [6, 6.07) is 0. The molecule has 0 saturated carbocycles. The van der Waals surface area contributed by atoms with Crippen molar-refractivity contribution in [1.82, 2.24) is 0 Å². The van der Waals surface area contributed by atoms with Crippen molar-refractivity contribution < 1.29 is 0 Å². The Morgan fingerprint density at radius 2 is 1.71 bits per heavy atom. The van der Waals surface area contributed by atoms with Gasteiger partial charge in [-0.3, -0.25) is 0 Å². The fraction of sp³-hybridized carbons (Fsp3) is 0.833. The lowest BCUT2D eigenvalue weighted by Gasteiger charge is -2.25. The molecule has 0 aromatic carbocycles. The van der Waals surface area contributed by atoms with Crippen molar-refractivity contribution in [1.29, 1.82) is 0 Å². The van der Waals surface area contributed by atoms with Gasteiger partial charge in [-0.05, 0) is 29.1 Å². The molecular formula is C12H22S2. The lowest BCUT2D eigenvalue weighted by atomic mass is 10.2. The van der Waals surface area contributed by atoms with E-state index < -0.39 is 0 Å². The van der Waals surface area contributed by atoms with Crippen molar-refractivity contribution >= 4 is 23.5 Å². The van der Waals surface area contributed by atoms with E-state index >= 15 is 0 Å². The van der Waals surface area contributed by atoms with Crippen molar-refractivity contribution in [2.24, 2.45) is 0 Å². The molecule has 1 atom stereocenters. The van der Waals surface area contributed by atoms with Crippen molar-refractivity contribution in [3.05, 3.63) is 9.81 Å². The van der Waals surface area contributed by atoms with E-state index in [1.807, 2.05) is 0 Å². The van der Waals surface area contributed by atoms with Gasteiger partial charge < -0.3 is 0 Å². The zero-order chi connectivity index (χ0) is 10.4. The molecule has 1 aliphatic heterocycles. The molecule has 0 aromatic heterocycles. The van der Waals surface area contributed by atoms with Crippen LogP contribution in [0, 0.1) is 0 Å². The molecule has 0 amide bonds. The monoisotopic (exact) mass is 230 g/mol. The van der Waals surface area contributed by atoms with Gasteiger partial charge in [-0.15, -0.1) is 23.5 Å². The molecular weight excluding hydrogens is 208 g/mol. The minimum atomic E-state index is 0.877. The normalized spacial score (nSPS) is 22.9. The van der Waals surface area contributed by atoms with Gasteiger partial charge in [0.05, 0.1) is 0 Å². The summed E-state index contributed by atoms with van der Waals surface area (Å²) in [6.07, 6.45) is 6.54. The van der Waals surface area contributed by atoms with Crippen LogP contribution in [0.1, 0.15) is 52.9 Å². The van der Waals surface area contributed by atoms with Gasteiger partial charge in [0.15, 0.2) is 0 Å². The Bertz CT molecular complexity index is 196. The van der Waals surface area contributed by atoms with E-state index in [0.29, 0.717) is 0 Å². The molecule has 2 heteroatoms. The van der Waals surface area contributed by atoms with Crippen LogP contribution in [0.25, 0.3) is 0 Å². The highest BCUT2D eigenvalue weighted by Crippen LogP contribution is 2.43. The standard InChI is InChI=1S/C12H22S2/c1-4-7-11-12(8-5-2)14-10(6-3)9-13-11/h10H,4-9H2,1-3H3. The Kier molecular flexibility index (Phi) is 6.11. The zero-order valence-electron chi connectivity index (χ0n) is 9.64. The maximum atomic E-state index is 2.31. The molecule has 1 rings (SSSR count). The predicted octanol–water partition coefficient (Wildman–Crippen LogP) is 5.06. The number of hydrogen-bond donors (Lipinski definition) is 0. The third-order valence-corrected chi connectivity index (χ3v) is 5.75. The van der Waals surface area contributed by atoms with Crippen LogP contribution in [-0.4, -0.2) is 11.0 Å². The Hall–Kier alpha value is 0.440. The van der Waals surface area contributed by atoms with Crippen molar-refractivity contribution in [2.75, 3.05) is 5.75 Å². The molecule has 0 radical (unpaired) electrons. The summed E-state index contributed by atoms with van der Waals surface area (Å²) in [5.41, 5.74) is 0. The van der Waals surface area contributed by atoms with Gasteiger partial charge in [0.1, 0.15) is 0 Å². The summed E-state index contributed by atoms with van der Waals surface area (Å²) in [5.74, 6) is 1.34. The second-order valence-electron chi connectivity index (χ2n) is 3.81. The summed E-state index contributed by atoms with van der Waals surface area (Å²) < 4.78 is 0. The molecule has 0 spiro atoms. The van der Waals surface area contributed by atoms with Gasteiger partial charge in [-0.25, -0.2) is 0 Å².